The summed E-state index contributed by atoms with van der Waals surface area (Å²) >= 11 is 1.92. The Kier molecular flexibility index (Phi) is 5.72. The number of hydrogen-bond donors (Lipinski definition) is 0. The van der Waals surface area contributed by atoms with Crippen molar-refractivity contribution < 1.29 is 4.42 Å². The molecule has 0 N–H and O–H groups in total. The van der Waals surface area contributed by atoms with Crippen molar-refractivity contribution in [3.63, 3.8) is 0 Å². The maximum atomic E-state index is 6.42. The summed E-state index contributed by atoms with van der Waals surface area (Å²) in [6.45, 7) is 13.7. The number of furan rings is 1. The van der Waals surface area contributed by atoms with E-state index in [0.717, 1.165) is 40.0 Å². The molecule has 0 aliphatic carbocycles. The number of hydrogen-bond acceptors (Lipinski definition) is 3. The van der Waals surface area contributed by atoms with Crippen molar-refractivity contribution in [1.82, 2.24) is 4.98 Å². The second-order valence-corrected chi connectivity index (χ2v) is 12.8. The smallest absolute Gasteiger partial charge is 0.138 e. The lowest BCUT2D eigenvalue weighted by atomic mass is 9.82. The van der Waals surface area contributed by atoms with Gasteiger partial charge in [0.05, 0.1) is 5.69 Å². The standard InChI is InChI=1S/C34H33NOS/c1-20(2)15-32-21(3)26-17-23(11-12-31(26)37-32)30-19-27-29(36-30)13-14-35-33(27)24-16-22-9-7-8-10-25(22)28(18-24)34(4,5)6/h7-14,16-20H,15H2,1-6H3. The number of benzene rings is 3. The second kappa shape index (κ2) is 8.85. The molecule has 3 heteroatoms. The third kappa shape index (κ3) is 4.26. The highest BCUT2D eigenvalue weighted by Gasteiger charge is 2.20. The molecule has 0 unspecified atom stereocenters. The molecule has 0 aliphatic rings. The number of rotatable bonds is 4. The number of fused-ring (bicyclic) bond motifs is 3. The zero-order valence-corrected chi connectivity index (χ0v) is 23.3. The van der Waals surface area contributed by atoms with E-state index in [9.17, 15) is 0 Å². The molecule has 3 aromatic carbocycles. The van der Waals surface area contributed by atoms with Crippen LogP contribution in [0.5, 0.6) is 0 Å². The van der Waals surface area contributed by atoms with Gasteiger partial charge in [0.1, 0.15) is 11.3 Å². The van der Waals surface area contributed by atoms with Crippen LogP contribution in [0.3, 0.4) is 0 Å². The average Bonchev–Trinajstić information content (AvgIpc) is 3.43. The molecule has 0 saturated carbocycles. The zero-order valence-electron chi connectivity index (χ0n) is 22.5. The minimum absolute atomic E-state index is 0.0211. The lowest BCUT2D eigenvalue weighted by Crippen LogP contribution is -2.12. The first-order valence-corrected chi connectivity index (χ1v) is 14.0. The highest BCUT2D eigenvalue weighted by molar-refractivity contribution is 7.19. The molecule has 0 amide bonds. The predicted octanol–water partition coefficient (Wildman–Crippen LogP) is 10.3. The molecule has 0 bridgehead atoms. The Bertz CT molecular complexity index is 1780. The highest BCUT2D eigenvalue weighted by atomic mass is 32.1. The quantitative estimate of drug-likeness (QED) is 0.239. The van der Waals surface area contributed by atoms with Crippen LogP contribution in [-0.2, 0) is 11.8 Å². The molecule has 37 heavy (non-hydrogen) atoms. The monoisotopic (exact) mass is 503 g/mol. The Hall–Kier alpha value is -3.43. The molecule has 3 aromatic heterocycles. The molecule has 6 aromatic rings. The largest absolute Gasteiger partial charge is 0.456 e. The van der Waals surface area contributed by atoms with Crippen LogP contribution in [0.15, 0.2) is 77.3 Å². The predicted molar refractivity (Wildman–Crippen MR) is 160 cm³/mol. The molecule has 0 aliphatic heterocycles. The van der Waals surface area contributed by atoms with Crippen molar-refractivity contribution in [2.75, 3.05) is 0 Å². The van der Waals surface area contributed by atoms with Gasteiger partial charge in [0.15, 0.2) is 0 Å². The molecular formula is C34H33NOS. The van der Waals surface area contributed by atoms with Gasteiger partial charge in [-0.15, -0.1) is 11.3 Å². The van der Waals surface area contributed by atoms with Crippen molar-refractivity contribution in [2.45, 2.75) is 53.4 Å². The fraction of sp³-hybridized carbons (Fsp3) is 0.265. The average molecular weight is 504 g/mol. The molecule has 0 atom stereocenters. The van der Waals surface area contributed by atoms with Gasteiger partial charge in [-0.05, 0) is 94.4 Å². The number of nitrogens with zero attached hydrogens (tertiary/aromatic N) is 1. The summed E-state index contributed by atoms with van der Waals surface area (Å²) in [7, 11) is 0. The van der Waals surface area contributed by atoms with Crippen LogP contribution >= 0.6 is 11.3 Å². The van der Waals surface area contributed by atoms with Crippen LogP contribution in [0.1, 0.15) is 50.6 Å². The Balaban J connectivity index is 1.49. The SMILES string of the molecule is Cc1c(CC(C)C)sc2ccc(-c3cc4c(-c5cc(C(C)(C)C)c6ccccc6c5)nccc4o3)cc12. The first-order valence-electron chi connectivity index (χ1n) is 13.1. The van der Waals surface area contributed by atoms with Crippen molar-refractivity contribution in [1.29, 1.82) is 0 Å². The van der Waals surface area contributed by atoms with E-state index in [1.807, 2.05) is 23.6 Å². The van der Waals surface area contributed by atoms with Crippen LogP contribution in [0.2, 0.25) is 0 Å². The van der Waals surface area contributed by atoms with Crippen LogP contribution in [0.4, 0.5) is 0 Å². The first kappa shape index (κ1) is 23.9. The maximum Gasteiger partial charge on any atom is 0.138 e. The summed E-state index contributed by atoms with van der Waals surface area (Å²) < 4.78 is 7.77. The van der Waals surface area contributed by atoms with E-state index in [4.69, 9.17) is 9.40 Å². The Morgan fingerprint density at radius 2 is 1.68 bits per heavy atom. The van der Waals surface area contributed by atoms with Gasteiger partial charge in [-0.1, -0.05) is 58.9 Å². The molecular weight excluding hydrogens is 470 g/mol. The van der Waals surface area contributed by atoms with Crippen LogP contribution in [-0.4, -0.2) is 4.98 Å². The summed E-state index contributed by atoms with van der Waals surface area (Å²) in [6.07, 6.45) is 2.99. The van der Waals surface area contributed by atoms with Gasteiger partial charge in [-0.3, -0.25) is 4.98 Å². The Labute approximate surface area is 223 Å². The number of thiophene rings is 1. The van der Waals surface area contributed by atoms with E-state index < -0.39 is 0 Å². The second-order valence-electron chi connectivity index (χ2n) is 11.6. The highest BCUT2D eigenvalue weighted by Crippen LogP contribution is 2.40. The van der Waals surface area contributed by atoms with Crippen LogP contribution < -0.4 is 0 Å². The molecule has 0 spiro atoms. The van der Waals surface area contributed by atoms with Crippen molar-refractivity contribution in [2.24, 2.45) is 5.92 Å². The molecule has 0 radical (unpaired) electrons. The van der Waals surface area contributed by atoms with Gasteiger partial charge in [0, 0.05) is 32.3 Å². The molecule has 2 nitrogen and oxygen atoms in total. The lowest BCUT2D eigenvalue weighted by Gasteiger charge is -2.22. The topological polar surface area (TPSA) is 26.0 Å². The van der Waals surface area contributed by atoms with E-state index in [1.54, 1.807) is 0 Å². The molecule has 3 heterocycles. The van der Waals surface area contributed by atoms with E-state index in [1.165, 1.54) is 36.9 Å². The lowest BCUT2D eigenvalue weighted by molar-refractivity contribution is 0.596. The zero-order chi connectivity index (χ0) is 25.9. The molecule has 0 fully saturated rings. The van der Waals surface area contributed by atoms with E-state index in [-0.39, 0.29) is 5.41 Å². The minimum Gasteiger partial charge on any atom is -0.456 e. The summed E-state index contributed by atoms with van der Waals surface area (Å²) in [6, 6.07) is 24.1. The molecule has 6 rings (SSSR count). The fourth-order valence-corrected chi connectivity index (χ4v) is 6.80. The number of aromatic nitrogens is 1. The number of aryl methyl sites for hydroxylation is 1. The third-order valence-electron chi connectivity index (χ3n) is 7.30. The summed E-state index contributed by atoms with van der Waals surface area (Å²) in [5, 5.41) is 4.93. The molecule has 0 saturated heterocycles. The van der Waals surface area contributed by atoms with E-state index in [2.05, 4.69) is 102 Å². The van der Waals surface area contributed by atoms with Crippen molar-refractivity contribution in [3.8, 4) is 22.6 Å². The van der Waals surface area contributed by atoms with Crippen molar-refractivity contribution in [3.05, 3.63) is 88.9 Å². The summed E-state index contributed by atoms with van der Waals surface area (Å²) in [5.41, 5.74) is 6.83. The van der Waals surface area contributed by atoms with Gasteiger partial charge in [0.25, 0.3) is 0 Å². The normalized spacial score (nSPS) is 12.4. The van der Waals surface area contributed by atoms with Crippen molar-refractivity contribution >= 4 is 43.2 Å². The van der Waals surface area contributed by atoms with Gasteiger partial charge in [0.2, 0.25) is 0 Å². The molecule has 186 valence electrons. The summed E-state index contributed by atoms with van der Waals surface area (Å²) in [4.78, 5) is 6.34. The first-order chi connectivity index (χ1) is 17.7. The van der Waals surface area contributed by atoms with E-state index >= 15 is 0 Å². The van der Waals surface area contributed by atoms with E-state index in [0.29, 0.717) is 5.92 Å². The van der Waals surface area contributed by atoms with Crippen LogP contribution in [0.25, 0.3) is 54.4 Å². The Morgan fingerprint density at radius 3 is 2.46 bits per heavy atom. The number of pyridine rings is 1. The summed E-state index contributed by atoms with van der Waals surface area (Å²) in [5.74, 6) is 1.54. The van der Waals surface area contributed by atoms with Gasteiger partial charge in [-0.25, -0.2) is 0 Å². The van der Waals surface area contributed by atoms with Gasteiger partial charge in [-0.2, -0.15) is 0 Å². The minimum atomic E-state index is 0.0211. The van der Waals surface area contributed by atoms with Gasteiger partial charge >= 0.3 is 0 Å². The Morgan fingerprint density at radius 1 is 0.865 bits per heavy atom. The third-order valence-corrected chi connectivity index (χ3v) is 8.60. The fourth-order valence-electron chi connectivity index (χ4n) is 5.39. The van der Waals surface area contributed by atoms with Gasteiger partial charge < -0.3 is 4.42 Å². The van der Waals surface area contributed by atoms with Crippen LogP contribution in [0, 0.1) is 12.8 Å². The maximum absolute atomic E-state index is 6.42.